The van der Waals surface area contributed by atoms with Crippen LogP contribution in [0.3, 0.4) is 0 Å². The van der Waals surface area contributed by atoms with Gasteiger partial charge in [-0.2, -0.15) is 9.97 Å². The van der Waals surface area contributed by atoms with E-state index in [4.69, 9.17) is 11.5 Å². The van der Waals surface area contributed by atoms with Crippen molar-refractivity contribution in [2.75, 3.05) is 16.8 Å². The molecule has 5 N–H and O–H groups in total. The summed E-state index contributed by atoms with van der Waals surface area (Å²) in [5.41, 5.74) is 12.7. The number of nitrogens with two attached hydrogens (primary N) is 2. The fourth-order valence-corrected chi connectivity index (χ4v) is 3.43. The van der Waals surface area contributed by atoms with Gasteiger partial charge in [0, 0.05) is 15.8 Å². The van der Waals surface area contributed by atoms with E-state index in [9.17, 15) is 0 Å². The lowest BCUT2D eigenvalue weighted by Crippen LogP contribution is -2.05. The fourth-order valence-electron chi connectivity index (χ4n) is 2.23. The zero-order valence-corrected chi connectivity index (χ0v) is 10.8. The molecule has 3 rings (SSSR count). The zero-order chi connectivity index (χ0) is 12.5. The molecular weight excluding hydrogens is 246 g/mol. The van der Waals surface area contributed by atoms with Crippen LogP contribution in [-0.4, -0.2) is 9.97 Å². The average Bonchev–Trinajstić information content (AvgIpc) is 2.84. The van der Waals surface area contributed by atoms with Crippen LogP contribution < -0.4 is 16.8 Å². The molecule has 94 valence electrons. The van der Waals surface area contributed by atoms with E-state index < -0.39 is 0 Å². The summed E-state index contributed by atoms with van der Waals surface area (Å²) in [6.07, 6.45) is 3.75. The summed E-state index contributed by atoms with van der Waals surface area (Å²) >= 11 is 1.88. The molecule has 1 aliphatic rings. The number of aromatic nitrogens is 2. The summed E-state index contributed by atoms with van der Waals surface area (Å²) in [6, 6.07) is 3.98. The van der Waals surface area contributed by atoms with Gasteiger partial charge in [-0.3, -0.25) is 0 Å². The number of fused-ring (bicyclic) bond motifs is 1. The van der Waals surface area contributed by atoms with E-state index in [-0.39, 0.29) is 5.95 Å². The lowest BCUT2D eigenvalue weighted by Gasteiger charge is -2.05. The molecule has 0 aliphatic heterocycles. The van der Waals surface area contributed by atoms with E-state index in [1.54, 1.807) is 6.07 Å². The molecular formula is C12H15N5S. The van der Waals surface area contributed by atoms with Crippen LogP contribution >= 0.6 is 11.3 Å². The van der Waals surface area contributed by atoms with Crippen molar-refractivity contribution in [3.8, 4) is 0 Å². The van der Waals surface area contributed by atoms with Crippen LogP contribution in [0.2, 0.25) is 0 Å². The minimum Gasteiger partial charge on any atom is -0.383 e. The number of rotatable bonds is 3. The number of thiophene rings is 1. The molecule has 18 heavy (non-hydrogen) atoms. The molecule has 2 aromatic heterocycles. The van der Waals surface area contributed by atoms with Gasteiger partial charge < -0.3 is 16.8 Å². The molecule has 0 aromatic carbocycles. The molecule has 0 saturated heterocycles. The van der Waals surface area contributed by atoms with Crippen molar-refractivity contribution >= 4 is 28.9 Å². The Hall–Kier alpha value is -1.82. The Kier molecular flexibility index (Phi) is 2.79. The summed E-state index contributed by atoms with van der Waals surface area (Å²) in [7, 11) is 0. The zero-order valence-electron chi connectivity index (χ0n) is 9.94. The first kappa shape index (κ1) is 11.3. The standard InChI is InChI=1S/C12H15N5S/c13-10-5-11(17-12(14)16-10)15-6-8-4-7-2-1-3-9(7)18-8/h4-5H,1-3,6H2,(H5,13,14,15,16,17). The maximum Gasteiger partial charge on any atom is 0.223 e. The highest BCUT2D eigenvalue weighted by atomic mass is 32.1. The highest BCUT2D eigenvalue weighted by Gasteiger charge is 2.14. The van der Waals surface area contributed by atoms with Gasteiger partial charge in [0.25, 0.3) is 0 Å². The Bertz CT molecular complexity index is 536. The number of aryl methyl sites for hydroxylation is 2. The highest BCUT2D eigenvalue weighted by Crippen LogP contribution is 2.30. The molecule has 2 heterocycles. The van der Waals surface area contributed by atoms with Crippen molar-refractivity contribution in [3.63, 3.8) is 0 Å². The van der Waals surface area contributed by atoms with Gasteiger partial charge in [-0.15, -0.1) is 11.3 Å². The molecule has 0 spiro atoms. The van der Waals surface area contributed by atoms with Crippen molar-refractivity contribution < 1.29 is 0 Å². The van der Waals surface area contributed by atoms with E-state index in [1.807, 2.05) is 11.3 Å². The summed E-state index contributed by atoms with van der Waals surface area (Å²) in [4.78, 5) is 10.8. The van der Waals surface area contributed by atoms with E-state index in [0.717, 1.165) is 6.54 Å². The van der Waals surface area contributed by atoms with Crippen LogP contribution in [0.1, 0.15) is 21.7 Å². The van der Waals surface area contributed by atoms with E-state index in [0.29, 0.717) is 11.6 Å². The number of hydrogen-bond donors (Lipinski definition) is 3. The molecule has 0 bridgehead atoms. The quantitative estimate of drug-likeness (QED) is 0.784. The number of anilines is 3. The summed E-state index contributed by atoms with van der Waals surface area (Å²) in [6.45, 7) is 0.758. The van der Waals surface area contributed by atoms with Crippen LogP contribution in [0, 0.1) is 0 Å². The maximum absolute atomic E-state index is 5.62. The largest absolute Gasteiger partial charge is 0.383 e. The van der Waals surface area contributed by atoms with E-state index in [1.165, 1.54) is 34.6 Å². The van der Waals surface area contributed by atoms with Crippen LogP contribution in [0.5, 0.6) is 0 Å². The van der Waals surface area contributed by atoms with Crippen molar-refractivity contribution in [1.29, 1.82) is 0 Å². The second-order valence-electron chi connectivity index (χ2n) is 4.40. The highest BCUT2D eigenvalue weighted by molar-refractivity contribution is 7.12. The second kappa shape index (κ2) is 4.45. The van der Waals surface area contributed by atoms with Crippen LogP contribution in [0.25, 0.3) is 0 Å². The van der Waals surface area contributed by atoms with Crippen LogP contribution in [-0.2, 0) is 19.4 Å². The Morgan fingerprint density at radius 3 is 2.89 bits per heavy atom. The molecule has 0 atom stereocenters. The van der Waals surface area contributed by atoms with Gasteiger partial charge >= 0.3 is 0 Å². The first-order chi connectivity index (χ1) is 8.70. The third-order valence-electron chi connectivity index (χ3n) is 3.00. The second-order valence-corrected chi connectivity index (χ2v) is 5.63. The number of nitrogens with zero attached hydrogens (tertiary/aromatic N) is 2. The van der Waals surface area contributed by atoms with Gasteiger partial charge in [0.2, 0.25) is 5.95 Å². The normalized spacial score (nSPS) is 13.6. The molecule has 0 unspecified atom stereocenters. The smallest absolute Gasteiger partial charge is 0.223 e. The molecule has 1 aliphatic carbocycles. The summed E-state index contributed by atoms with van der Waals surface area (Å²) in [5, 5.41) is 3.23. The maximum atomic E-state index is 5.62. The Balaban J connectivity index is 1.70. The molecule has 0 saturated carbocycles. The van der Waals surface area contributed by atoms with Gasteiger partial charge in [0.15, 0.2) is 0 Å². The van der Waals surface area contributed by atoms with Crippen molar-refractivity contribution in [2.24, 2.45) is 0 Å². The minimum absolute atomic E-state index is 0.200. The monoisotopic (exact) mass is 261 g/mol. The van der Waals surface area contributed by atoms with Gasteiger partial charge in [0.1, 0.15) is 11.6 Å². The molecule has 0 amide bonds. The predicted octanol–water partition coefficient (Wildman–Crippen LogP) is 1.80. The van der Waals surface area contributed by atoms with E-state index >= 15 is 0 Å². The minimum atomic E-state index is 0.200. The van der Waals surface area contributed by atoms with Gasteiger partial charge in [-0.1, -0.05) is 0 Å². The lowest BCUT2D eigenvalue weighted by molar-refractivity contribution is 0.913. The van der Waals surface area contributed by atoms with Gasteiger partial charge in [-0.05, 0) is 30.9 Å². The fraction of sp³-hybridized carbons (Fsp3) is 0.333. The van der Waals surface area contributed by atoms with Crippen molar-refractivity contribution in [2.45, 2.75) is 25.8 Å². The predicted molar refractivity (Wildman–Crippen MR) is 74.5 cm³/mol. The number of nitrogen functional groups attached to an aromatic ring is 2. The van der Waals surface area contributed by atoms with E-state index in [2.05, 4.69) is 21.4 Å². The summed E-state index contributed by atoms with van der Waals surface area (Å²) < 4.78 is 0. The molecule has 0 fully saturated rings. The molecule has 6 heteroatoms. The topological polar surface area (TPSA) is 89.8 Å². The molecule has 5 nitrogen and oxygen atoms in total. The first-order valence-corrected chi connectivity index (χ1v) is 6.77. The van der Waals surface area contributed by atoms with Gasteiger partial charge in [0.05, 0.1) is 6.54 Å². The number of nitrogens with one attached hydrogen (secondary N) is 1. The van der Waals surface area contributed by atoms with Crippen molar-refractivity contribution in [3.05, 3.63) is 27.5 Å². The first-order valence-electron chi connectivity index (χ1n) is 5.95. The number of hydrogen-bond acceptors (Lipinski definition) is 6. The summed E-state index contributed by atoms with van der Waals surface area (Å²) in [5.74, 6) is 1.26. The SMILES string of the molecule is Nc1cc(NCc2cc3c(s2)CCC3)nc(N)n1. The Labute approximate surface area is 109 Å². The lowest BCUT2D eigenvalue weighted by atomic mass is 10.2. The molecule has 2 aromatic rings. The Morgan fingerprint density at radius 2 is 2.11 bits per heavy atom. The van der Waals surface area contributed by atoms with Crippen molar-refractivity contribution in [1.82, 2.24) is 9.97 Å². The molecule has 0 radical (unpaired) electrons. The Morgan fingerprint density at radius 1 is 1.22 bits per heavy atom. The third-order valence-corrected chi connectivity index (χ3v) is 4.24. The third kappa shape index (κ3) is 2.24. The van der Waals surface area contributed by atoms with Gasteiger partial charge in [-0.25, -0.2) is 0 Å². The average molecular weight is 261 g/mol. The van der Waals surface area contributed by atoms with Crippen LogP contribution in [0.15, 0.2) is 12.1 Å². The van der Waals surface area contributed by atoms with Crippen LogP contribution in [0.4, 0.5) is 17.6 Å².